The van der Waals surface area contributed by atoms with Gasteiger partial charge in [0.2, 0.25) is 0 Å². The molecule has 5 heterocycles. The Labute approximate surface area is 259 Å². The van der Waals surface area contributed by atoms with E-state index in [0.29, 0.717) is 63.9 Å². The van der Waals surface area contributed by atoms with Gasteiger partial charge in [-0.2, -0.15) is 5.10 Å². The Hall–Kier alpha value is -4.63. The molecule has 4 aromatic heterocycles. The minimum atomic E-state index is -0.652. The van der Waals surface area contributed by atoms with Crippen LogP contribution in [-0.4, -0.2) is 83.5 Å². The van der Waals surface area contributed by atoms with Crippen molar-refractivity contribution in [1.29, 1.82) is 0 Å². The molecule has 0 bridgehead atoms. The van der Waals surface area contributed by atoms with Crippen molar-refractivity contribution < 1.29 is 23.8 Å². The molecule has 1 aromatic carbocycles. The summed E-state index contributed by atoms with van der Waals surface area (Å²) in [4.78, 5) is 33.9. The minimum Gasteiger partial charge on any atom is -0.457 e. The van der Waals surface area contributed by atoms with Gasteiger partial charge in [0, 0.05) is 38.0 Å². The molecule has 15 heteroatoms. The number of carbonyl (C=O) groups is 1. The van der Waals surface area contributed by atoms with E-state index >= 15 is 4.39 Å². The quantitative estimate of drug-likeness (QED) is 0.255. The number of fused-ring (bicyclic) bond motifs is 2. The number of carbonyl (C=O) groups excluding carboxylic acids is 1. The Morgan fingerprint density at radius 1 is 1.11 bits per heavy atom. The zero-order chi connectivity index (χ0) is 31.0. The van der Waals surface area contributed by atoms with Crippen LogP contribution in [0.15, 0.2) is 59.7 Å². The zero-order valence-electron chi connectivity index (χ0n) is 24.1. The third kappa shape index (κ3) is 6.19. The van der Waals surface area contributed by atoms with E-state index in [9.17, 15) is 9.90 Å². The standard InChI is InChI=1S/C29H29BrFN9O4/c1-29(2,3)44-28(42)39-9-8-38(13-17(39)14-41)27-20(30)12-23-25(37-27)26(34-15-32-23)36-22-5-4-18(10-21(22)31)43-19-6-7-40-24(11-19)33-16-35-40/h4-7,10-12,15-17,41H,8-9,13-14H2,1-3H3,(H,32,34,36)/t17-/m0/s1. The number of amides is 1. The lowest BCUT2D eigenvalue weighted by molar-refractivity contribution is 0.00698. The summed E-state index contributed by atoms with van der Waals surface area (Å²) >= 11 is 3.59. The molecule has 13 nitrogen and oxygen atoms in total. The van der Waals surface area contributed by atoms with Gasteiger partial charge in [-0.15, -0.1) is 0 Å². The molecule has 2 N–H and O–H groups in total. The van der Waals surface area contributed by atoms with E-state index in [1.165, 1.54) is 23.6 Å². The van der Waals surface area contributed by atoms with Crippen LogP contribution in [0.5, 0.6) is 11.5 Å². The Balaban J connectivity index is 1.22. The minimum absolute atomic E-state index is 0.169. The summed E-state index contributed by atoms with van der Waals surface area (Å²) in [6, 6.07) is 9.17. The van der Waals surface area contributed by atoms with Gasteiger partial charge in [-0.05, 0) is 61.0 Å². The van der Waals surface area contributed by atoms with Crippen molar-refractivity contribution in [3.05, 3.63) is 65.5 Å². The number of aliphatic hydroxyl groups is 1. The van der Waals surface area contributed by atoms with E-state index in [0.717, 1.165) is 0 Å². The Bertz CT molecular complexity index is 1850. The molecule has 1 aliphatic rings. The van der Waals surface area contributed by atoms with Crippen molar-refractivity contribution >= 4 is 56.0 Å². The normalized spacial score (nSPS) is 15.5. The summed E-state index contributed by atoms with van der Waals surface area (Å²) < 4.78 is 28.9. The highest BCUT2D eigenvalue weighted by molar-refractivity contribution is 9.10. The lowest BCUT2D eigenvalue weighted by Crippen LogP contribution is -2.57. The average Bonchev–Trinajstić information content (AvgIpc) is 3.45. The smallest absolute Gasteiger partial charge is 0.410 e. The Morgan fingerprint density at radius 2 is 1.93 bits per heavy atom. The maximum atomic E-state index is 15.2. The number of halogens is 2. The molecule has 0 spiro atoms. The van der Waals surface area contributed by atoms with Crippen molar-refractivity contribution in [2.75, 3.05) is 36.5 Å². The average molecular weight is 667 g/mol. The van der Waals surface area contributed by atoms with Gasteiger partial charge in [-0.25, -0.2) is 33.6 Å². The molecular formula is C29H29BrFN9O4. The Kier molecular flexibility index (Phi) is 7.90. The monoisotopic (exact) mass is 665 g/mol. The van der Waals surface area contributed by atoms with Crippen LogP contribution in [0.3, 0.4) is 0 Å². The van der Waals surface area contributed by atoms with Crippen LogP contribution in [0, 0.1) is 5.82 Å². The number of hydrogen-bond acceptors (Lipinski definition) is 11. The van der Waals surface area contributed by atoms with Crippen LogP contribution in [0.1, 0.15) is 20.8 Å². The zero-order valence-corrected chi connectivity index (χ0v) is 25.7. The van der Waals surface area contributed by atoms with Gasteiger partial charge < -0.3 is 24.8 Å². The first-order chi connectivity index (χ1) is 21.1. The number of nitrogens with one attached hydrogen (secondary N) is 1. The van der Waals surface area contributed by atoms with E-state index in [1.807, 2.05) is 4.90 Å². The number of rotatable bonds is 6. The van der Waals surface area contributed by atoms with Gasteiger partial charge in [-0.3, -0.25) is 4.90 Å². The predicted molar refractivity (Wildman–Crippen MR) is 164 cm³/mol. The molecular weight excluding hydrogens is 637 g/mol. The number of anilines is 3. The first-order valence-electron chi connectivity index (χ1n) is 13.8. The lowest BCUT2D eigenvalue weighted by atomic mass is 10.1. The van der Waals surface area contributed by atoms with E-state index in [-0.39, 0.29) is 12.3 Å². The van der Waals surface area contributed by atoms with Crippen molar-refractivity contribution in [2.24, 2.45) is 0 Å². The highest BCUT2D eigenvalue weighted by Gasteiger charge is 2.34. The van der Waals surface area contributed by atoms with Crippen molar-refractivity contribution in [3.8, 4) is 11.5 Å². The summed E-state index contributed by atoms with van der Waals surface area (Å²) in [5.74, 6) is 1.12. The number of piperazine rings is 1. The summed E-state index contributed by atoms with van der Waals surface area (Å²) in [6.07, 6.45) is 4.03. The molecule has 1 aliphatic heterocycles. The fourth-order valence-electron chi connectivity index (χ4n) is 4.81. The van der Waals surface area contributed by atoms with Crippen molar-refractivity contribution in [1.82, 2.24) is 34.4 Å². The third-order valence-electron chi connectivity index (χ3n) is 6.85. The maximum absolute atomic E-state index is 15.2. The summed E-state index contributed by atoms with van der Waals surface area (Å²) in [6.45, 7) is 6.25. The van der Waals surface area contributed by atoms with E-state index in [4.69, 9.17) is 14.5 Å². The number of aromatic nitrogens is 6. The van der Waals surface area contributed by atoms with E-state index in [2.05, 4.69) is 41.3 Å². The first-order valence-corrected chi connectivity index (χ1v) is 14.6. The molecule has 0 saturated carbocycles. The molecule has 0 radical (unpaired) electrons. The highest BCUT2D eigenvalue weighted by Crippen LogP contribution is 2.33. The molecule has 1 atom stereocenters. The van der Waals surface area contributed by atoms with Gasteiger partial charge in [0.15, 0.2) is 11.5 Å². The van der Waals surface area contributed by atoms with Gasteiger partial charge >= 0.3 is 6.09 Å². The number of benzene rings is 1. The summed E-state index contributed by atoms with van der Waals surface area (Å²) in [5, 5.41) is 17.2. The Morgan fingerprint density at radius 3 is 2.70 bits per heavy atom. The predicted octanol–water partition coefficient (Wildman–Crippen LogP) is 4.92. The van der Waals surface area contributed by atoms with Crippen LogP contribution < -0.4 is 15.0 Å². The molecule has 1 saturated heterocycles. The fourth-order valence-corrected chi connectivity index (χ4v) is 5.37. The SMILES string of the molecule is CC(C)(C)OC(=O)N1CCN(c2nc3c(Nc4ccc(Oc5ccn6ncnc6c5)cc4F)ncnc3cc2Br)C[C@H]1CO. The van der Waals surface area contributed by atoms with Gasteiger partial charge in [0.25, 0.3) is 0 Å². The van der Waals surface area contributed by atoms with Gasteiger partial charge in [0.05, 0.1) is 28.3 Å². The maximum Gasteiger partial charge on any atom is 0.410 e. The second-order valence-corrected chi connectivity index (χ2v) is 12.0. The van der Waals surface area contributed by atoms with Crippen molar-refractivity contribution in [2.45, 2.75) is 32.4 Å². The van der Waals surface area contributed by atoms with Crippen LogP contribution in [0.2, 0.25) is 0 Å². The molecule has 6 rings (SSSR count). The topological polar surface area (TPSA) is 143 Å². The van der Waals surface area contributed by atoms with Crippen LogP contribution in [0.4, 0.5) is 26.5 Å². The molecule has 1 amide bonds. The lowest BCUT2D eigenvalue weighted by Gasteiger charge is -2.41. The van der Waals surface area contributed by atoms with Crippen molar-refractivity contribution in [3.63, 3.8) is 0 Å². The second kappa shape index (κ2) is 11.8. The summed E-state index contributed by atoms with van der Waals surface area (Å²) in [7, 11) is 0. The van der Waals surface area contributed by atoms with Gasteiger partial charge in [-0.1, -0.05) is 0 Å². The number of ether oxygens (including phenoxy) is 2. The largest absolute Gasteiger partial charge is 0.457 e. The van der Waals surface area contributed by atoms with E-state index in [1.54, 1.807) is 61.8 Å². The second-order valence-electron chi connectivity index (χ2n) is 11.1. The molecule has 0 aliphatic carbocycles. The molecule has 1 fully saturated rings. The van der Waals surface area contributed by atoms with E-state index < -0.39 is 23.6 Å². The number of pyridine rings is 2. The van der Waals surface area contributed by atoms with Crippen LogP contribution in [-0.2, 0) is 4.74 Å². The number of aliphatic hydroxyl groups excluding tert-OH is 1. The number of hydrogen-bond donors (Lipinski definition) is 2. The first kappa shape index (κ1) is 29.4. The fraction of sp³-hybridized carbons (Fsp3) is 0.310. The van der Waals surface area contributed by atoms with Crippen LogP contribution in [0.25, 0.3) is 16.7 Å². The highest BCUT2D eigenvalue weighted by atomic mass is 79.9. The molecule has 228 valence electrons. The van der Waals surface area contributed by atoms with Gasteiger partial charge in [0.1, 0.15) is 46.9 Å². The molecule has 5 aromatic rings. The molecule has 0 unspecified atom stereocenters. The third-order valence-corrected chi connectivity index (χ3v) is 7.43. The summed E-state index contributed by atoms with van der Waals surface area (Å²) in [5.41, 5.74) is 1.08. The number of nitrogens with zero attached hydrogens (tertiary/aromatic N) is 8. The van der Waals surface area contributed by atoms with Crippen LogP contribution >= 0.6 is 15.9 Å². The molecule has 44 heavy (non-hydrogen) atoms.